The maximum atomic E-state index is 13.1. The van der Waals surface area contributed by atoms with E-state index < -0.39 is 17.7 Å². The van der Waals surface area contributed by atoms with Crippen molar-refractivity contribution in [1.29, 1.82) is 0 Å². The van der Waals surface area contributed by atoms with E-state index in [1.165, 1.54) is 7.11 Å². The molecule has 0 saturated carbocycles. The highest BCUT2D eigenvalue weighted by Gasteiger charge is 2.45. The Morgan fingerprint density at radius 2 is 1.84 bits per heavy atom. The summed E-state index contributed by atoms with van der Waals surface area (Å²) >= 11 is 3.48. The van der Waals surface area contributed by atoms with Gasteiger partial charge in [-0.05, 0) is 55.9 Å². The lowest BCUT2D eigenvalue weighted by atomic mass is 9.95. The average Bonchev–Trinajstić information content (AvgIpc) is 3.06. The zero-order valence-corrected chi connectivity index (χ0v) is 20.3. The molecule has 3 rings (SSSR count). The highest BCUT2D eigenvalue weighted by molar-refractivity contribution is 9.10. The van der Waals surface area contributed by atoms with Crippen molar-refractivity contribution in [3.63, 3.8) is 0 Å². The predicted octanol–water partition coefficient (Wildman–Crippen LogP) is 4.61. The van der Waals surface area contributed by atoms with Crippen LogP contribution in [0.1, 0.15) is 37.4 Å². The van der Waals surface area contributed by atoms with Crippen LogP contribution in [0.3, 0.4) is 0 Å². The lowest BCUT2D eigenvalue weighted by Gasteiger charge is -2.27. The molecule has 7 heteroatoms. The van der Waals surface area contributed by atoms with Crippen molar-refractivity contribution in [1.82, 2.24) is 9.80 Å². The van der Waals surface area contributed by atoms with E-state index in [0.29, 0.717) is 17.9 Å². The molecule has 2 aromatic carbocycles. The molecule has 1 saturated heterocycles. The summed E-state index contributed by atoms with van der Waals surface area (Å²) in [5.41, 5.74) is 1.31. The predicted molar refractivity (Wildman–Crippen MR) is 129 cm³/mol. The van der Waals surface area contributed by atoms with Crippen molar-refractivity contribution < 1.29 is 19.4 Å². The minimum atomic E-state index is -0.668. The van der Waals surface area contributed by atoms with E-state index in [0.717, 1.165) is 36.1 Å². The monoisotopic (exact) mass is 500 g/mol. The molecule has 0 bridgehead atoms. The lowest BCUT2D eigenvalue weighted by Crippen LogP contribution is -2.33. The quantitative estimate of drug-likeness (QED) is 0.309. The Bertz CT molecular complexity index is 1020. The van der Waals surface area contributed by atoms with Crippen LogP contribution in [0.2, 0.25) is 0 Å². The van der Waals surface area contributed by atoms with Gasteiger partial charge in [0.05, 0.1) is 18.7 Å². The lowest BCUT2D eigenvalue weighted by molar-refractivity contribution is -0.140. The number of carbonyl (C=O) groups excluding carboxylic acids is 2. The summed E-state index contributed by atoms with van der Waals surface area (Å²) in [4.78, 5) is 30.0. The van der Waals surface area contributed by atoms with Crippen LogP contribution in [0, 0.1) is 0 Å². The van der Waals surface area contributed by atoms with E-state index in [4.69, 9.17) is 4.74 Å². The van der Waals surface area contributed by atoms with Crippen molar-refractivity contribution in [2.45, 2.75) is 26.3 Å². The van der Waals surface area contributed by atoms with Gasteiger partial charge in [-0.15, -0.1) is 0 Å². The van der Waals surface area contributed by atoms with Crippen LogP contribution in [0.4, 0.5) is 0 Å². The van der Waals surface area contributed by atoms with Crippen LogP contribution in [0.15, 0.2) is 58.6 Å². The van der Waals surface area contributed by atoms with Gasteiger partial charge in [0.15, 0.2) is 0 Å². The Morgan fingerprint density at radius 1 is 1.12 bits per heavy atom. The molecular weight excluding hydrogens is 472 g/mol. The molecule has 1 amide bonds. The molecule has 1 unspecified atom stereocenters. The molecule has 1 atom stereocenters. The normalized spacial score (nSPS) is 17.9. The maximum absolute atomic E-state index is 13.1. The van der Waals surface area contributed by atoms with Crippen LogP contribution in [-0.4, -0.2) is 59.9 Å². The van der Waals surface area contributed by atoms with Crippen molar-refractivity contribution in [2.24, 2.45) is 0 Å². The number of carbonyl (C=O) groups is 2. The molecule has 0 radical (unpaired) electrons. The third-order valence-corrected chi connectivity index (χ3v) is 6.31. The number of nitrogens with zero attached hydrogens (tertiary/aromatic N) is 2. The third kappa shape index (κ3) is 5.05. The van der Waals surface area contributed by atoms with E-state index in [1.54, 1.807) is 29.2 Å². The zero-order valence-electron chi connectivity index (χ0n) is 18.7. The second-order valence-corrected chi connectivity index (χ2v) is 8.58. The van der Waals surface area contributed by atoms with Gasteiger partial charge in [-0.3, -0.25) is 9.59 Å². The van der Waals surface area contributed by atoms with Gasteiger partial charge in [-0.1, -0.05) is 54.0 Å². The van der Waals surface area contributed by atoms with Crippen LogP contribution >= 0.6 is 15.9 Å². The van der Waals surface area contributed by atoms with Crippen molar-refractivity contribution >= 4 is 33.4 Å². The molecule has 1 fully saturated rings. The molecule has 1 aliphatic heterocycles. The fourth-order valence-electron chi connectivity index (χ4n) is 4.06. The largest absolute Gasteiger partial charge is 0.507 e. The molecule has 170 valence electrons. The van der Waals surface area contributed by atoms with Crippen LogP contribution in [0.25, 0.3) is 5.76 Å². The van der Waals surface area contributed by atoms with Gasteiger partial charge in [-0.2, -0.15) is 0 Å². The molecule has 1 N–H and O–H groups in total. The second-order valence-electron chi connectivity index (χ2n) is 7.66. The molecule has 6 nitrogen and oxygen atoms in total. The van der Waals surface area contributed by atoms with Gasteiger partial charge in [0.25, 0.3) is 11.7 Å². The Balaban J connectivity index is 2.04. The van der Waals surface area contributed by atoms with Gasteiger partial charge in [0.1, 0.15) is 11.5 Å². The number of benzene rings is 2. The summed E-state index contributed by atoms with van der Waals surface area (Å²) in [6.07, 6.45) is 0.735. The number of hydrogen-bond donors (Lipinski definition) is 1. The van der Waals surface area contributed by atoms with Crippen LogP contribution in [-0.2, 0) is 9.59 Å². The number of hydrogen-bond acceptors (Lipinski definition) is 5. The summed E-state index contributed by atoms with van der Waals surface area (Å²) < 4.78 is 6.09. The SMILES string of the molecule is CCN(CC)CCCN1C(=O)C(=O)/C(=C(\O)c2cccc(OC)c2)C1c1cccc(Br)c1. The summed E-state index contributed by atoms with van der Waals surface area (Å²) in [6, 6.07) is 13.7. The first-order valence-electron chi connectivity index (χ1n) is 10.8. The highest BCUT2D eigenvalue weighted by Crippen LogP contribution is 2.40. The maximum Gasteiger partial charge on any atom is 0.295 e. The number of aliphatic hydroxyl groups excluding tert-OH is 1. The molecule has 0 spiro atoms. The summed E-state index contributed by atoms with van der Waals surface area (Å²) in [6.45, 7) is 7.32. The number of likely N-dealkylation sites (tertiary alicyclic amines) is 1. The number of halogens is 1. The van der Waals surface area contributed by atoms with Gasteiger partial charge in [0, 0.05) is 16.6 Å². The summed E-state index contributed by atoms with van der Waals surface area (Å²) in [5, 5.41) is 11.1. The fourth-order valence-corrected chi connectivity index (χ4v) is 4.48. The first kappa shape index (κ1) is 24.0. The first-order chi connectivity index (χ1) is 15.4. The zero-order chi connectivity index (χ0) is 23.3. The fraction of sp³-hybridized carbons (Fsp3) is 0.360. The average molecular weight is 501 g/mol. The van der Waals surface area contributed by atoms with E-state index >= 15 is 0 Å². The van der Waals surface area contributed by atoms with Gasteiger partial charge in [-0.25, -0.2) is 0 Å². The van der Waals surface area contributed by atoms with E-state index in [2.05, 4.69) is 34.7 Å². The molecule has 1 heterocycles. The van der Waals surface area contributed by atoms with Gasteiger partial charge >= 0.3 is 0 Å². The third-order valence-electron chi connectivity index (χ3n) is 5.82. The van der Waals surface area contributed by atoms with E-state index in [1.807, 2.05) is 24.3 Å². The Hall–Kier alpha value is -2.64. The van der Waals surface area contributed by atoms with Gasteiger partial charge in [0.2, 0.25) is 0 Å². The Labute approximate surface area is 197 Å². The molecule has 32 heavy (non-hydrogen) atoms. The molecule has 0 aliphatic carbocycles. The molecule has 1 aliphatic rings. The minimum absolute atomic E-state index is 0.101. The summed E-state index contributed by atoms with van der Waals surface area (Å²) in [7, 11) is 1.54. The van der Waals surface area contributed by atoms with Gasteiger partial charge < -0.3 is 19.6 Å². The second kappa shape index (κ2) is 10.8. The highest BCUT2D eigenvalue weighted by atomic mass is 79.9. The number of ether oxygens (including phenoxy) is 1. The van der Waals surface area contributed by atoms with Crippen molar-refractivity contribution in [3.8, 4) is 5.75 Å². The van der Waals surface area contributed by atoms with E-state index in [-0.39, 0.29) is 11.3 Å². The Kier molecular flexibility index (Phi) is 8.10. The smallest absolute Gasteiger partial charge is 0.295 e. The number of Topliss-reactive ketones (excluding diaryl/α,β-unsaturated/α-hetero) is 1. The Morgan fingerprint density at radius 3 is 2.50 bits per heavy atom. The molecule has 0 aromatic heterocycles. The minimum Gasteiger partial charge on any atom is -0.507 e. The molecular formula is C25H29BrN2O4. The van der Waals surface area contributed by atoms with Crippen LogP contribution < -0.4 is 4.74 Å². The number of ketones is 1. The molecule has 2 aromatic rings. The number of amides is 1. The van der Waals surface area contributed by atoms with Crippen molar-refractivity contribution in [3.05, 3.63) is 69.7 Å². The number of aliphatic hydroxyl groups is 1. The standard InChI is InChI=1S/C25H29BrN2O4/c1-4-27(5-2)13-8-14-28-22(17-9-6-11-19(26)15-17)21(24(30)25(28)31)23(29)18-10-7-12-20(16-18)32-3/h6-7,9-12,15-16,22,29H,4-5,8,13-14H2,1-3H3/b23-21-. The van der Waals surface area contributed by atoms with Crippen LogP contribution in [0.5, 0.6) is 5.75 Å². The first-order valence-corrected chi connectivity index (χ1v) is 11.6. The number of methoxy groups -OCH3 is 1. The van der Waals surface area contributed by atoms with Crippen molar-refractivity contribution in [2.75, 3.05) is 33.3 Å². The van der Waals surface area contributed by atoms with E-state index in [9.17, 15) is 14.7 Å². The number of rotatable bonds is 9. The summed E-state index contributed by atoms with van der Waals surface area (Å²) in [5.74, 6) is -0.892. The topological polar surface area (TPSA) is 70.1 Å².